The topological polar surface area (TPSA) is 51.4 Å². The Morgan fingerprint density at radius 2 is 2.05 bits per heavy atom. The second-order valence-corrected chi connectivity index (χ2v) is 4.92. The first-order valence-electron chi connectivity index (χ1n) is 7.41. The van der Waals surface area contributed by atoms with Gasteiger partial charge in [0.05, 0.1) is 6.61 Å². The molecule has 2 aromatic rings. The van der Waals surface area contributed by atoms with Crippen LogP contribution < -0.4 is 15.4 Å². The lowest BCUT2D eigenvalue weighted by atomic mass is 10.2. The standard InChI is InChI=1S/C17H23N3O/c1-3-11-20(13-14-7-5-8-15(18)12-14)17-16(21-4-2)9-6-10-19-17/h5-10,12H,3-4,11,13,18H2,1-2H3. The van der Waals surface area contributed by atoms with E-state index < -0.39 is 0 Å². The molecule has 2 rings (SSSR count). The summed E-state index contributed by atoms with van der Waals surface area (Å²) in [6.45, 7) is 6.48. The maximum absolute atomic E-state index is 5.87. The van der Waals surface area contributed by atoms with Crippen molar-refractivity contribution in [2.75, 3.05) is 23.8 Å². The molecule has 0 atom stereocenters. The van der Waals surface area contributed by atoms with Crippen LogP contribution in [0.5, 0.6) is 5.75 Å². The number of pyridine rings is 1. The maximum Gasteiger partial charge on any atom is 0.171 e. The second kappa shape index (κ2) is 7.53. The lowest BCUT2D eigenvalue weighted by molar-refractivity contribution is 0.339. The van der Waals surface area contributed by atoms with E-state index in [1.54, 1.807) is 6.20 Å². The molecule has 0 aliphatic rings. The fraction of sp³-hybridized carbons (Fsp3) is 0.353. The minimum absolute atomic E-state index is 0.636. The van der Waals surface area contributed by atoms with Crippen LogP contribution in [0.1, 0.15) is 25.8 Å². The summed E-state index contributed by atoms with van der Waals surface area (Å²) in [5, 5.41) is 0. The van der Waals surface area contributed by atoms with E-state index in [0.29, 0.717) is 6.61 Å². The molecule has 4 nitrogen and oxygen atoms in total. The van der Waals surface area contributed by atoms with Crippen LogP contribution >= 0.6 is 0 Å². The van der Waals surface area contributed by atoms with Gasteiger partial charge in [0.2, 0.25) is 0 Å². The van der Waals surface area contributed by atoms with E-state index in [4.69, 9.17) is 10.5 Å². The molecule has 4 heteroatoms. The van der Waals surface area contributed by atoms with Crippen molar-refractivity contribution in [3.8, 4) is 5.75 Å². The lowest BCUT2D eigenvalue weighted by Gasteiger charge is -2.25. The van der Waals surface area contributed by atoms with Gasteiger partial charge in [-0.05, 0) is 43.2 Å². The van der Waals surface area contributed by atoms with Gasteiger partial charge in [0, 0.05) is 25.0 Å². The van der Waals surface area contributed by atoms with E-state index in [0.717, 1.165) is 36.8 Å². The number of benzene rings is 1. The van der Waals surface area contributed by atoms with Crippen LogP contribution in [0.3, 0.4) is 0 Å². The number of hydrogen-bond acceptors (Lipinski definition) is 4. The van der Waals surface area contributed by atoms with Gasteiger partial charge in [0.15, 0.2) is 11.6 Å². The summed E-state index contributed by atoms with van der Waals surface area (Å²) in [5.41, 5.74) is 7.83. The van der Waals surface area contributed by atoms with Crippen LogP contribution in [-0.4, -0.2) is 18.1 Å². The Hall–Kier alpha value is -2.23. The van der Waals surface area contributed by atoms with Crippen molar-refractivity contribution in [2.24, 2.45) is 0 Å². The van der Waals surface area contributed by atoms with Crippen molar-refractivity contribution in [2.45, 2.75) is 26.8 Å². The van der Waals surface area contributed by atoms with Gasteiger partial charge in [-0.3, -0.25) is 0 Å². The molecule has 0 saturated heterocycles. The fourth-order valence-corrected chi connectivity index (χ4v) is 2.33. The third-order valence-electron chi connectivity index (χ3n) is 3.17. The molecule has 1 aromatic heterocycles. The number of anilines is 2. The Morgan fingerprint density at radius 3 is 2.76 bits per heavy atom. The molecule has 0 amide bonds. The number of nitrogens with zero attached hydrogens (tertiary/aromatic N) is 2. The van der Waals surface area contributed by atoms with Gasteiger partial charge < -0.3 is 15.4 Å². The summed E-state index contributed by atoms with van der Waals surface area (Å²) in [6.07, 6.45) is 2.85. The largest absolute Gasteiger partial charge is 0.490 e. The molecular formula is C17H23N3O. The Bertz CT molecular complexity index is 571. The summed E-state index contributed by atoms with van der Waals surface area (Å²) >= 11 is 0. The zero-order chi connectivity index (χ0) is 15.1. The van der Waals surface area contributed by atoms with E-state index >= 15 is 0 Å². The highest BCUT2D eigenvalue weighted by atomic mass is 16.5. The Kier molecular flexibility index (Phi) is 5.43. The molecule has 0 saturated carbocycles. The van der Waals surface area contributed by atoms with Crippen molar-refractivity contribution in [1.29, 1.82) is 0 Å². The molecule has 0 radical (unpaired) electrons. The quantitative estimate of drug-likeness (QED) is 0.791. The van der Waals surface area contributed by atoms with E-state index in [1.165, 1.54) is 5.56 Å². The van der Waals surface area contributed by atoms with Gasteiger partial charge in [0.25, 0.3) is 0 Å². The number of rotatable bonds is 7. The number of nitrogens with two attached hydrogens (primary N) is 1. The third-order valence-corrected chi connectivity index (χ3v) is 3.17. The van der Waals surface area contributed by atoms with Gasteiger partial charge in [0.1, 0.15) is 0 Å². The molecule has 1 aromatic carbocycles. The summed E-state index contributed by atoms with van der Waals surface area (Å²) in [6, 6.07) is 11.8. The smallest absolute Gasteiger partial charge is 0.171 e. The van der Waals surface area contributed by atoms with Crippen LogP contribution in [0.4, 0.5) is 11.5 Å². The van der Waals surface area contributed by atoms with Gasteiger partial charge in [-0.25, -0.2) is 4.98 Å². The van der Waals surface area contributed by atoms with Gasteiger partial charge in [-0.15, -0.1) is 0 Å². The molecule has 1 heterocycles. The van der Waals surface area contributed by atoms with Crippen molar-refractivity contribution in [3.63, 3.8) is 0 Å². The average Bonchev–Trinajstić information content (AvgIpc) is 2.48. The van der Waals surface area contributed by atoms with E-state index in [1.807, 2.05) is 37.3 Å². The monoisotopic (exact) mass is 285 g/mol. The summed E-state index contributed by atoms with van der Waals surface area (Å²) in [4.78, 5) is 6.74. The summed E-state index contributed by atoms with van der Waals surface area (Å²) in [5.74, 6) is 1.72. The first-order valence-corrected chi connectivity index (χ1v) is 7.41. The van der Waals surface area contributed by atoms with E-state index in [-0.39, 0.29) is 0 Å². The normalized spacial score (nSPS) is 10.4. The zero-order valence-electron chi connectivity index (χ0n) is 12.7. The zero-order valence-corrected chi connectivity index (χ0v) is 12.7. The molecule has 0 spiro atoms. The minimum Gasteiger partial charge on any atom is -0.490 e. The Balaban J connectivity index is 2.26. The van der Waals surface area contributed by atoms with Gasteiger partial charge in [-0.2, -0.15) is 0 Å². The van der Waals surface area contributed by atoms with Crippen LogP contribution in [0, 0.1) is 0 Å². The number of hydrogen-bond donors (Lipinski definition) is 1. The number of aromatic nitrogens is 1. The number of ether oxygens (including phenoxy) is 1. The molecule has 0 fully saturated rings. The predicted octanol–water partition coefficient (Wildman–Crippen LogP) is 3.48. The average molecular weight is 285 g/mol. The molecule has 0 aliphatic heterocycles. The second-order valence-electron chi connectivity index (χ2n) is 4.92. The fourth-order valence-electron chi connectivity index (χ4n) is 2.33. The van der Waals surface area contributed by atoms with Gasteiger partial charge >= 0.3 is 0 Å². The van der Waals surface area contributed by atoms with Crippen LogP contribution in [0.15, 0.2) is 42.6 Å². The highest BCUT2D eigenvalue weighted by Gasteiger charge is 2.13. The van der Waals surface area contributed by atoms with Crippen LogP contribution in [0.2, 0.25) is 0 Å². The lowest BCUT2D eigenvalue weighted by Crippen LogP contribution is -2.25. The van der Waals surface area contributed by atoms with Crippen LogP contribution in [0.25, 0.3) is 0 Å². The molecule has 112 valence electrons. The third kappa shape index (κ3) is 4.12. The van der Waals surface area contributed by atoms with Gasteiger partial charge in [-0.1, -0.05) is 19.1 Å². The van der Waals surface area contributed by atoms with Crippen molar-refractivity contribution in [3.05, 3.63) is 48.2 Å². The Morgan fingerprint density at radius 1 is 1.19 bits per heavy atom. The highest BCUT2D eigenvalue weighted by molar-refractivity contribution is 5.53. The molecular weight excluding hydrogens is 262 g/mol. The number of nitrogen functional groups attached to an aromatic ring is 1. The van der Waals surface area contributed by atoms with Crippen molar-refractivity contribution < 1.29 is 4.74 Å². The van der Waals surface area contributed by atoms with E-state index in [2.05, 4.69) is 22.9 Å². The Labute approximate surface area is 126 Å². The summed E-state index contributed by atoms with van der Waals surface area (Å²) < 4.78 is 5.70. The molecule has 0 unspecified atom stereocenters. The SMILES string of the molecule is CCCN(Cc1cccc(N)c1)c1ncccc1OCC. The van der Waals surface area contributed by atoms with Crippen molar-refractivity contribution in [1.82, 2.24) is 4.98 Å². The van der Waals surface area contributed by atoms with E-state index in [9.17, 15) is 0 Å². The molecule has 2 N–H and O–H groups in total. The molecule has 0 aliphatic carbocycles. The molecule has 0 bridgehead atoms. The first kappa shape index (κ1) is 15.2. The van der Waals surface area contributed by atoms with Crippen LogP contribution in [-0.2, 0) is 6.54 Å². The summed E-state index contributed by atoms with van der Waals surface area (Å²) in [7, 11) is 0. The highest BCUT2D eigenvalue weighted by Crippen LogP contribution is 2.27. The van der Waals surface area contributed by atoms with Crippen molar-refractivity contribution >= 4 is 11.5 Å². The predicted molar refractivity (Wildman–Crippen MR) is 87.6 cm³/mol. The first-order chi connectivity index (χ1) is 10.2. The molecule has 21 heavy (non-hydrogen) atoms. The minimum atomic E-state index is 0.636. The maximum atomic E-state index is 5.87.